The van der Waals surface area contributed by atoms with Gasteiger partial charge in [-0.15, -0.1) is 11.3 Å². The second-order valence-corrected chi connectivity index (χ2v) is 6.18. The fourth-order valence-electron chi connectivity index (χ4n) is 2.48. The highest BCUT2D eigenvalue weighted by Crippen LogP contribution is 2.29. The summed E-state index contributed by atoms with van der Waals surface area (Å²) in [4.78, 5) is 18.0. The zero-order valence-corrected chi connectivity index (χ0v) is 12.4. The molecule has 0 spiro atoms. The van der Waals surface area contributed by atoms with Crippen molar-refractivity contribution in [3.05, 3.63) is 46.0 Å². The lowest BCUT2D eigenvalue weighted by atomic mass is 10.1. The minimum absolute atomic E-state index is 0.212. The van der Waals surface area contributed by atoms with Crippen molar-refractivity contribution >= 4 is 22.4 Å². The first-order valence-corrected chi connectivity index (χ1v) is 7.88. The van der Waals surface area contributed by atoms with Crippen molar-refractivity contribution in [2.75, 3.05) is 5.32 Å². The Bertz CT molecular complexity index is 691. The van der Waals surface area contributed by atoms with Crippen molar-refractivity contribution in [3.8, 4) is 6.07 Å². The number of benzene rings is 1. The van der Waals surface area contributed by atoms with Gasteiger partial charge in [0.25, 0.3) is 5.91 Å². The first kappa shape index (κ1) is 13.8. The van der Waals surface area contributed by atoms with Crippen LogP contribution in [0.3, 0.4) is 0 Å². The Morgan fingerprint density at radius 1 is 1.29 bits per heavy atom. The summed E-state index contributed by atoms with van der Waals surface area (Å²) in [5.74, 6) is -0.212. The number of aromatic nitrogens is 1. The molecule has 1 aliphatic rings. The molecule has 2 aromatic rings. The van der Waals surface area contributed by atoms with Crippen LogP contribution in [0.4, 0.5) is 5.13 Å². The highest BCUT2D eigenvalue weighted by atomic mass is 32.1. The molecule has 4 nitrogen and oxygen atoms in total. The van der Waals surface area contributed by atoms with Crippen molar-refractivity contribution in [3.63, 3.8) is 0 Å². The summed E-state index contributed by atoms with van der Waals surface area (Å²) < 4.78 is 0. The number of carbonyl (C=O) groups is 1. The number of carbonyl (C=O) groups excluding carboxylic acids is 1. The molecule has 1 aliphatic carbocycles. The molecular weight excluding hydrogens is 282 g/mol. The summed E-state index contributed by atoms with van der Waals surface area (Å²) in [6.07, 6.45) is 5.70. The van der Waals surface area contributed by atoms with Gasteiger partial charge in [-0.2, -0.15) is 5.26 Å². The lowest BCUT2D eigenvalue weighted by Gasteiger charge is -2.02. The number of amides is 1. The van der Waals surface area contributed by atoms with Gasteiger partial charge in [0, 0.05) is 10.4 Å². The Morgan fingerprint density at radius 2 is 2.14 bits per heavy atom. The van der Waals surface area contributed by atoms with Gasteiger partial charge in [0.1, 0.15) is 0 Å². The number of aryl methyl sites for hydroxylation is 2. The molecule has 3 rings (SSSR count). The molecule has 0 bridgehead atoms. The summed E-state index contributed by atoms with van der Waals surface area (Å²) in [5, 5.41) is 12.4. The second-order valence-electron chi connectivity index (χ2n) is 5.10. The normalized spacial score (nSPS) is 13.9. The van der Waals surface area contributed by atoms with E-state index in [4.69, 9.17) is 5.26 Å². The largest absolute Gasteiger partial charge is 0.298 e. The van der Waals surface area contributed by atoms with Gasteiger partial charge in [0.05, 0.1) is 17.3 Å². The molecule has 0 radical (unpaired) electrons. The van der Waals surface area contributed by atoms with E-state index < -0.39 is 0 Å². The van der Waals surface area contributed by atoms with E-state index in [-0.39, 0.29) is 5.91 Å². The van der Waals surface area contributed by atoms with Crippen LogP contribution in [0.1, 0.15) is 45.8 Å². The van der Waals surface area contributed by atoms with E-state index in [2.05, 4.69) is 10.3 Å². The lowest BCUT2D eigenvalue weighted by molar-refractivity contribution is 0.102. The third kappa shape index (κ3) is 3.11. The quantitative estimate of drug-likeness (QED) is 0.862. The average Bonchev–Trinajstić information content (AvgIpc) is 2.76. The Labute approximate surface area is 127 Å². The maximum atomic E-state index is 12.2. The molecule has 21 heavy (non-hydrogen) atoms. The Morgan fingerprint density at radius 3 is 3.00 bits per heavy atom. The lowest BCUT2D eigenvalue weighted by Crippen LogP contribution is -2.11. The summed E-state index contributed by atoms with van der Waals surface area (Å²) in [5.41, 5.74) is 2.11. The van der Waals surface area contributed by atoms with Crippen molar-refractivity contribution in [1.29, 1.82) is 5.26 Å². The Balaban J connectivity index is 1.77. The van der Waals surface area contributed by atoms with Gasteiger partial charge < -0.3 is 0 Å². The second kappa shape index (κ2) is 6.06. The van der Waals surface area contributed by atoms with Crippen LogP contribution < -0.4 is 5.32 Å². The van der Waals surface area contributed by atoms with E-state index in [0.717, 1.165) is 18.5 Å². The van der Waals surface area contributed by atoms with Gasteiger partial charge in [-0.3, -0.25) is 10.1 Å². The fourth-order valence-corrected chi connectivity index (χ4v) is 3.53. The molecule has 106 valence electrons. The van der Waals surface area contributed by atoms with Gasteiger partial charge in [-0.1, -0.05) is 12.5 Å². The van der Waals surface area contributed by atoms with E-state index in [0.29, 0.717) is 16.3 Å². The number of hydrogen-bond acceptors (Lipinski definition) is 4. The molecule has 1 aromatic heterocycles. The van der Waals surface area contributed by atoms with Crippen LogP contribution in [0.2, 0.25) is 0 Å². The molecule has 0 unspecified atom stereocenters. The number of hydrogen-bond donors (Lipinski definition) is 1. The minimum Gasteiger partial charge on any atom is -0.298 e. The van der Waals surface area contributed by atoms with Gasteiger partial charge in [0.2, 0.25) is 0 Å². The van der Waals surface area contributed by atoms with E-state index in [1.165, 1.54) is 24.1 Å². The standard InChI is InChI=1S/C16H15N3OS/c17-10-11-5-4-6-12(9-11)15(20)19-16-18-13-7-2-1-3-8-14(13)21-16/h4-6,9H,1-3,7-8H2,(H,18,19,20). The minimum atomic E-state index is -0.212. The van der Waals surface area contributed by atoms with Crippen LogP contribution in [0.5, 0.6) is 0 Å². The Kier molecular flexibility index (Phi) is 3.98. The van der Waals surface area contributed by atoms with Crippen molar-refractivity contribution in [1.82, 2.24) is 4.98 Å². The van der Waals surface area contributed by atoms with Gasteiger partial charge in [0.15, 0.2) is 5.13 Å². The monoisotopic (exact) mass is 297 g/mol. The molecule has 1 heterocycles. The maximum absolute atomic E-state index is 12.2. The average molecular weight is 297 g/mol. The van der Waals surface area contributed by atoms with Crippen molar-refractivity contribution < 1.29 is 4.79 Å². The van der Waals surface area contributed by atoms with Crippen LogP contribution in [0.15, 0.2) is 24.3 Å². The third-order valence-corrected chi connectivity index (χ3v) is 4.64. The highest BCUT2D eigenvalue weighted by molar-refractivity contribution is 7.15. The molecular formula is C16H15N3OS. The van der Waals surface area contributed by atoms with Crippen LogP contribution in [-0.4, -0.2) is 10.9 Å². The molecule has 1 amide bonds. The van der Waals surface area contributed by atoms with Crippen molar-refractivity contribution in [2.45, 2.75) is 32.1 Å². The third-order valence-electron chi connectivity index (χ3n) is 3.57. The topological polar surface area (TPSA) is 65.8 Å². The zero-order valence-electron chi connectivity index (χ0n) is 11.6. The first-order chi connectivity index (χ1) is 10.3. The predicted octanol–water partition coefficient (Wildman–Crippen LogP) is 3.54. The SMILES string of the molecule is N#Cc1cccc(C(=O)Nc2nc3c(s2)CCCCC3)c1. The van der Waals surface area contributed by atoms with Crippen LogP contribution in [-0.2, 0) is 12.8 Å². The number of fused-ring (bicyclic) bond motifs is 1. The molecule has 1 aromatic carbocycles. The zero-order chi connectivity index (χ0) is 14.7. The predicted molar refractivity (Wildman–Crippen MR) is 82.5 cm³/mol. The van der Waals surface area contributed by atoms with Crippen molar-refractivity contribution in [2.24, 2.45) is 0 Å². The van der Waals surface area contributed by atoms with E-state index in [1.54, 1.807) is 35.6 Å². The number of rotatable bonds is 2. The molecule has 5 heteroatoms. The Hall–Kier alpha value is -2.19. The van der Waals surface area contributed by atoms with E-state index in [9.17, 15) is 4.79 Å². The number of anilines is 1. The van der Waals surface area contributed by atoms with E-state index in [1.807, 2.05) is 6.07 Å². The molecule has 0 saturated heterocycles. The van der Waals surface area contributed by atoms with E-state index >= 15 is 0 Å². The van der Waals surface area contributed by atoms with Crippen LogP contribution in [0, 0.1) is 11.3 Å². The number of nitriles is 1. The summed E-state index contributed by atoms with van der Waals surface area (Å²) in [6.45, 7) is 0. The van der Waals surface area contributed by atoms with Gasteiger partial charge in [-0.05, 0) is 43.9 Å². The summed E-state index contributed by atoms with van der Waals surface area (Å²) in [6, 6.07) is 8.73. The first-order valence-electron chi connectivity index (χ1n) is 7.06. The molecule has 1 N–H and O–H groups in total. The smallest absolute Gasteiger partial charge is 0.257 e. The highest BCUT2D eigenvalue weighted by Gasteiger charge is 2.16. The molecule has 0 atom stereocenters. The summed E-state index contributed by atoms with van der Waals surface area (Å²) in [7, 11) is 0. The number of nitrogens with zero attached hydrogens (tertiary/aromatic N) is 2. The fraction of sp³-hybridized carbons (Fsp3) is 0.312. The molecule has 0 saturated carbocycles. The van der Waals surface area contributed by atoms with Gasteiger partial charge in [-0.25, -0.2) is 4.98 Å². The van der Waals surface area contributed by atoms with Gasteiger partial charge >= 0.3 is 0 Å². The molecule has 0 fully saturated rings. The number of nitrogens with one attached hydrogen (secondary N) is 1. The molecule has 0 aliphatic heterocycles. The maximum Gasteiger partial charge on any atom is 0.257 e. The number of thiazole rings is 1. The van der Waals surface area contributed by atoms with Crippen LogP contribution in [0.25, 0.3) is 0 Å². The van der Waals surface area contributed by atoms with Crippen LogP contribution >= 0.6 is 11.3 Å². The summed E-state index contributed by atoms with van der Waals surface area (Å²) >= 11 is 1.57.